The fourth-order valence-electron chi connectivity index (χ4n) is 4.10. The summed E-state index contributed by atoms with van der Waals surface area (Å²) in [6.07, 6.45) is 2.14. The van der Waals surface area contributed by atoms with Gasteiger partial charge in [-0.15, -0.1) is 0 Å². The van der Waals surface area contributed by atoms with Crippen molar-refractivity contribution in [2.45, 2.75) is 39.0 Å². The summed E-state index contributed by atoms with van der Waals surface area (Å²) in [7, 11) is 4.91. The quantitative estimate of drug-likeness (QED) is 0.324. The van der Waals surface area contributed by atoms with Gasteiger partial charge in [0.05, 0.1) is 28.9 Å². The van der Waals surface area contributed by atoms with Gasteiger partial charge in [-0.1, -0.05) is 38.4 Å². The molecule has 2 aromatic heterocycles. The van der Waals surface area contributed by atoms with Crippen molar-refractivity contribution in [2.75, 3.05) is 14.2 Å². The van der Waals surface area contributed by atoms with Crippen LogP contribution in [0.1, 0.15) is 48.1 Å². The molecule has 198 valence electrons. The first kappa shape index (κ1) is 27.1. The summed E-state index contributed by atoms with van der Waals surface area (Å²) in [6.45, 7) is 6.29. The maximum Gasteiger partial charge on any atom is 0.254 e. The van der Waals surface area contributed by atoms with Crippen LogP contribution in [0.2, 0.25) is 5.02 Å². The Morgan fingerprint density at radius 1 is 1.03 bits per heavy atom. The van der Waals surface area contributed by atoms with Gasteiger partial charge in [-0.3, -0.25) is 19.3 Å². The zero-order valence-corrected chi connectivity index (χ0v) is 23.1. The van der Waals surface area contributed by atoms with Crippen LogP contribution in [0.15, 0.2) is 48.7 Å². The number of rotatable bonds is 8. The van der Waals surface area contributed by atoms with E-state index in [-0.39, 0.29) is 29.9 Å². The van der Waals surface area contributed by atoms with Crippen molar-refractivity contribution in [2.24, 2.45) is 7.05 Å². The summed E-state index contributed by atoms with van der Waals surface area (Å²) in [5, 5.41) is 8.17. The Balaban J connectivity index is 1.53. The number of aryl methyl sites for hydroxylation is 1. The van der Waals surface area contributed by atoms with E-state index in [0.29, 0.717) is 38.7 Å². The molecule has 0 aliphatic carbocycles. The smallest absolute Gasteiger partial charge is 0.254 e. The fourth-order valence-corrected chi connectivity index (χ4v) is 4.35. The second kappa shape index (κ2) is 10.8. The molecule has 0 fully saturated rings. The maximum absolute atomic E-state index is 12.8. The van der Waals surface area contributed by atoms with Crippen LogP contribution in [0.5, 0.6) is 17.2 Å². The minimum absolute atomic E-state index is 0.0639. The molecule has 4 aromatic rings. The molecule has 38 heavy (non-hydrogen) atoms. The summed E-state index contributed by atoms with van der Waals surface area (Å²) in [5.74, 6) is 1.10. The molecular formula is C29H31ClN4O4. The van der Waals surface area contributed by atoms with Gasteiger partial charge < -0.3 is 14.8 Å². The lowest BCUT2D eigenvalue weighted by Crippen LogP contribution is -2.18. The Kier molecular flexibility index (Phi) is 7.73. The first-order valence-electron chi connectivity index (χ1n) is 12.2. The first-order chi connectivity index (χ1) is 18.0. The average molecular weight is 535 g/mol. The number of carbonyl (C=O) groups is 2. The highest BCUT2D eigenvalue weighted by Crippen LogP contribution is 2.36. The highest BCUT2D eigenvalue weighted by atomic mass is 35.5. The van der Waals surface area contributed by atoms with Crippen LogP contribution in [-0.4, -0.2) is 40.6 Å². The average Bonchev–Trinajstić information content (AvgIpc) is 3.24. The van der Waals surface area contributed by atoms with E-state index in [1.165, 1.54) is 7.11 Å². The third-order valence-electron chi connectivity index (χ3n) is 6.24. The Hall–Kier alpha value is -3.91. The monoisotopic (exact) mass is 534 g/mol. The number of hydrogen-bond acceptors (Lipinski definition) is 6. The molecule has 0 atom stereocenters. The molecule has 0 aliphatic rings. The van der Waals surface area contributed by atoms with Crippen LogP contribution in [-0.2, 0) is 30.1 Å². The number of methoxy groups -OCH3 is 1. The van der Waals surface area contributed by atoms with E-state index in [4.69, 9.17) is 21.1 Å². The van der Waals surface area contributed by atoms with Gasteiger partial charge in [-0.05, 0) is 35.9 Å². The van der Waals surface area contributed by atoms with Crippen molar-refractivity contribution in [3.63, 3.8) is 0 Å². The maximum atomic E-state index is 12.8. The largest absolute Gasteiger partial charge is 0.496 e. The number of fused-ring (bicyclic) bond motifs is 1. The lowest BCUT2D eigenvalue weighted by molar-refractivity contribution is -0.117. The van der Waals surface area contributed by atoms with E-state index >= 15 is 0 Å². The normalized spacial score (nSPS) is 11.4. The zero-order chi connectivity index (χ0) is 27.6. The van der Waals surface area contributed by atoms with Crippen LogP contribution in [0.3, 0.4) is 0 Å². The predicted molar refractivity (Wildman–Crippen MR) is 148 cm³/mol. The van der Waals surface area contributed by atoms with Crippen LogP contribution in [0.25, 0.3) is 10.9 Å². The summed E-state index contributed by atoms with van der Waals surface area (Å²) in [6, 6.07) is 12.4. The minimum Gasteiger partial charge on any atom is -0.496 e. The van der Waals surface area contributed by atoms with Gasteiger partial charge in [0, 0.05) is 55.7 Å². The Morgan fingerprint density at radius 3 is 2.42 bits per heavy atom. The number of hydrogen-bond donors (Lipinski definition) is 1. The molecule has 8 nitrogen and oxygen atoms in total. The first-order valence-corrected chi connectivity index (χ1v) is 12.6. The molecule has 0 aliphatic heterocycles. The minimum atomic E-state index is -0.286. The lowest BCUT2D eigenvalue weighted by atomic mass is 9.92. The molecule has 1 amide bonds. The molecule has 0 radical (unpaired) electrons. The second-order valence-electron chi connectivity index (χ2n) is 10.1. The number of nitrogens with one attached hydrogen (secondary N) is 1. The Bertz CT molecular complexity index is 1520. The van der Waals surface area contributed by atoms with Crippen molar-refractivity contribution in [3.8, 4) is 17.2 Å². The highest BCUT2D eigenvalue weighted by Gasteiger charge is 2.20. The third kappa shape index (κ3) is 5.81. The number of halogens is 1. The number of amides is 1. The van der Waals surface area contributed by atoms with Crippen LogP contribution in [0.4, 0.5) is 0 Å². The van der Waals surface area contributed by atoms with Crippen LogP contribution >= 0.6 is 11.6 Å². The fraction of sp³-hybridized carbons (Fsp3) is 0.310. The van der Waals surface area contributed by atoms with E-state index in [0.717, 1.165) is 17.0 Å². The van der Waals surface area contributed by atoms with Gasteiger partial charge in [-0.25, -0.2) is 0 Å². The summed E-state index contributed by atoms with van der Waals surface area (Å²) >= 11 is 6.55. The third-order valence-corrected chi connectivity index (χ3v) is 6.53. The molecule has 4 rings (SSSR count). The molecule has 0 saturated heterocycles. The number of Topliss-reactive ketones (excluding diaryl/α,β-unsaturated/α-hetero) is 1. The molecule has 0 unspecified atom stereocenters. The number of ketones is 1. The van der Waals surface area contributed by atoms with Gasteiger partial charge >= 0.3 is 0 Å². The van der Waals surface area contributed by atoms with Crippen molar-refractivity contribution < 1.29 is 19.1 Å². The van der Waals surface area contributed by atoms with Crippen molar-refractivity contribution in [3.05, 3.63) is 76.2 Å². The number of benzene rings is 2. The Morgan fingerprint density at radius 2 is 1.79 bits per heavy atom. The van der Waals surface area contributed by atoms with Crippen LogP contribution in [0, 0.1) is 0 Å². The van der Waals surface area contributed by atoms with E-state index in [9.17, 15) is 9.59 Å². The van der Waals surface area contributed by atoms with E-state index in [1.807, 2.05) is 19.2 Å². The lowest BCUT2D eigenvalue weighted by Gasteiger charge is -2.13. The number of nitrogens with zero attached hydrogens (tertiary/aromatic N) is 3. The second-order valence-corrected chi connectivity index (χ2v) is 10.5. The number of pyridine rings is 1. The zero-order valence-electron chi connectivity index (χ0n) is 22.4. The molecule has 9 heteroatoms. The van der Waals surface area contributed by atoms with Gasteiger partial charge in [0.15, 0.2) is 0 Å². The number of ether oxygens (including phenoxy) is 2. The van der Waals surface area contributed by atoms with Gasteiger partial charge in [0.1, 0.15) is 23.0 Å². The van der Waals surface area contributed by atoms with E-state index in [2.05, 4.69) is 36.2 Å². The molecule has 1 N–H and O–H groups in total. The summed E-state index contributed by atoms with van der Waals surface area (Å²) < 4.78 is 13.3. The number of aromatic nitrogens is 3. The van der Waals surface area contributed by atoms with Gasteiger partial charge in [0.2, 0.25) is 0 Å². The molecule has 2 heterocycles. The predicted octanol–water partition coefficient (Wildman–Crippen LogP) is 5.43. The molecule has 0 spiro atoms. The van der Waals surface area contributed by atoms with Crippen molar-refractivity contribution >= 4 is 34.2 Å². The highest BCUT2D eigenvalue weighted by molar-refractivity contribution is 6.32. The molecule has 0 bridgehead atoms. The van der Waals surface area contributed by atoms with Gasteiger partial charge in [0.25, 0.3) is 5.91 Å². The summed E-state index contributed by atoms with van der Waals surface area (Å²) in [4.78, 5) is 29.6. The molecular weight excluding hydrogens is 504 g/mol. The number of carbonyl (C=O) groups excluding carboxylic acids is 2. The van der Waals surface area contributed by atoms with Gasteiger partial charge in [-0.2, -0.15) is 5.10 Å². The van der Waals surface area contributed by atoms with E-state index in [1.54, 1.807) is 48.3 Å². The van der Waals surface area contributed by atoms with Crippen molar-refractivity contribution in [1.29, 1.82) is 0 Å². The Labute approximate surface area is 226 Å². The standard InChI is InChI=1S/C29H31ClN4O4/c1-29(2,3)27-14-18(34(5)33-27)13-19(35)11-17-7-8-25(22(30)12-17)38-24-9-10-32-23-16-26(37-6)21(15-20(23)24)28(36)31-4/h7-10,12,14-16H,11,13H2,1-6H3,(H,31,36). The SMILES string of the molecule is CNC(=O)c1cc2c(Oc3ccc(CC(=O)Cc4cc(C(C)(C)C)nn4C)cc3Cl)ccnc2cc1OC. The summed E-state index contributed by atoms with van der Waals surface area (Å²) in [5.41, 5.74) is 3.51. The molecule has 0 saturated carbocycles. The van der Waals surface area contributed by atoms with Crippen LogP contribution < -0.4 is 14.8 Å². The van der Waals surface area contributed by atoms with E-state index < -0.39 is 0 Å². The molecule has 2 aromatic carbocycles. The topological polar surface area (TPSA) is 95.3 Å². The van der Waals surface area contributed by atoms with Crippen molar-refractivity contribution in [1.82, 2.24) is 20.1 Å².